The van der Waals surface area contributed by atoms with Gasteiger partial charge in [0.05, 0.1) is 25.9 Å². The third kappa shape index (κ3) is 10.5. The van der Waals surface area contributed by atoms with Crippen LogP contribution >= 0.6 is 11.8 Å². The fourth-order valence-corrected chi connectivity index (χ4v) is 2.90. The number of unbranched alkanes of at least 4 members (excludes halogenated alkanes) is 1. The van der Waals surface area contributed by atoms with Gasteiger partial charge in [0.25, 0.3) is 0 Å². The SMILES string of the molecule is CCCCOCCOCC(O)CNCC(CC)(CC)SC. The van der Waals surface area contributed by atoms with E-state index in [4.69, 9.17) is 9.47 Å². The number of hydrogen-bond donors (Lipinski definition) is 2. The first-order chi connectivity index (χ1) is 10.1. The van der Waals surface area contributed by atoms with Crippen LogP contribution in [0.2, 0.25) is 0 Å². The van der Waals surface area contributed by atoms with Crippen molar-refractivity contribution < 1.29 is 14.6 Å². The number of rotatable bonds is 15. The average Bonchev–Trinajstić information content (AvgIpc) is 2.51. The molecule has 0 aromatic rings. The number of aliphatic hydroxyl groups excluding tert-OH is 1. The summed E-state index contributed by atoms with van der Waals surface area (Å²) < 4.78 is 11.1. The molecule has 0 radical (unpaired) electrons. The molecule has 4 nitrogen and oxygen atoms in total. The molecule has 0 aliphatic heterocycles. The zero-order valence-electron chi connectivity index (χ0n) is 14.3. The predicted molar refractivity (Wildman–Crippen MR) is 92.3 cm³/mol. The molecule has 0 saturated heterocycles. The Hall–Kier alpha value is 0.190. The molecule has 0 aliphatic carbocycles. The van der Waals surface area contributed by atoms with E-state index in [0.717, 1.165) is 38.8 Å². The monoisotopic (exact) mass is 321 g/mol. The molecule has 0 heterocycles. The summed E-state index contributed by atoms with van der Waals surface area (Å²) in [5, 5.41) is 13.2. The summed E-state index contributed by atoms with van der Waals surface area (Å²) in [4.78, 5) is 0. The van der Waals surface area contributed by atoms with Crippen LogP contribution in [0, 0.1) is 0 Å². The van der Waals surface area contributed by atoms with Crippen LogP contribution in [-0.4, -0.2) is 61.7 Å². The molecule has 128 valence electrons. The fraction of sp³-hybridized carbons (Fsp3) is 1.00. The van der Waals surface area contributed by atoms with Gasteiger partial charge in [-0.3, -0.25) is 0 Å². The number of aliphatic hydroxyl groups is 1. The molecule has 0 bridgehead atoms. The first-order valence-electron chi connectivity index (χ1n) is 8.23. The van der Waals surface area contributed by atoms with Crippen molar-refractivity contribution in [3.63, 3.8) is 0 Å². The Morgan fingerprint density at radius 1 is 1.10 bits per heavy atom. The molecule has 0 spiro atoms. The first kappa shape index (κ1) is 21.2. The van der Waals surface area contributed by atoms with E-state index in [1.54, 1.807) is 0 Å². The van der Waals surface area contributed by atoms with Crippen LogP contribution in [0.4, 0.5) is 0 Å². The minimum absolute atomic E-state index is 0.285. The van der Waals surface area contributed by atoms with E-state index in [1.165, 1.54) is 0 Å². The topological polar surface area (TPSA) is 50.7 Å². The molecule has 0 aromatic heterocycles. The van der Waals surface area contributed by atoms with Gasteiger partial charge in [0.2, 0.25) is 0 Å². The number of hydrogen-bond acceptors (Lipinski definition) is 5. The van der Waals surface area contributed by atoms with Gasteiger partial charge in [-0.05, 0) is 25.5 Å². The zero-order chi connectivity index (χ0) is 16.0. The second-order valence-corrected chi connectivity index (χ2v) is 6.69. The molecule has 0 rings (SSSR count). The maximum Gasteiger partial charge on any atom is 0.0897 e. The van der Waals surface area contributed by atoms with Crippen molar-refractivity contribution in [2.45, 2.75) is 57.3 Å². The minimum atomic E-state index is -0.450. The van der Waals surface area contributed by atoms with Gasteiger partial charge in [0, 0.05) is 24.4 Å². The standard InChI is InChI=1S/C16H35NO3S/c1-5-8-9-19-10-11-20-13-15(18)12-17-14-16(6-2,7-3)21-4/h15,17-18H,5-14H2,1-4H3. The van der Waals surface area contributed by atoms with Gasteiger partial charge >= 0.3 is 0 Å². The lowest BCUT2D eigenvalue weighted by Crippen LogP contribution is -2.40. The van der Waals surface area contributed by atoms with Crippen molar-refractivity contribution >= 4 is 11.8 Å². The predicted octanol–water partition coefficient (Wildman–Crippen LogP) is 2.69. The van der Waals surface area contributed by atoms with Crippen LogP contribution in [-0.2, 0) is 9.47 Å². The van der Waals surface area contributed by atoms with E-state index >= 15 is 0 Å². The van der Waals surface area contributed by atoms with Crippen LogP contribution in [0.3, 0.4) is 0 Å². The third-order valence-electron chi connectivity index (χ3n) is 3.87. The van der Waals surface area contributed by atoms with Gasteiger partial charge in [-0.1, -0.05) is 27.2 Å². The van der Waals surface area contributed by atoms with Crippen LogP contribution in [0.25, 0.3) is 0 Å². The smallest absolute Gasteiger partial charge is 0.0897 e. The molecule has 0 aliphatic rings. The Labute approximate surface area is 135 Å². The Morgan fingerprint density at radius 2 is 1.76 bits per heavy atom. The molecular formula is C16H35NO3S. The van der Waals surface area contributed by atoms with E-state index in [2.05, 4.69) is 32.3 Å². The van der Waals surface area contributed by atoms with Gasteiger partial charge in [0.15, 0.2) is 0 Å². The van der Waals surface area contributed by atoms with Crippen LogP contribution in [0.1, 0.15) is 46.5 Å². The Kier molecular flexibility index (Phi) is 14.0. The van der Waals surface area contributed by atoms with Crippen LogP contribution < -0.4 is 5.32 Å². The lowest BCUT2D eigenvalue weighted by Gasteiger charge is -2.30. The van der Waals surface area contributed by atoms with Gasteiger partial charge in [-0.15, -0.1) is 0 Å². The fourth-order valence-electron chi connectivity index (χ4n) is 2.07. The second kappa shape index (κ2) is 13.8. The second-order valence-electron chi connectivity index (χ2n) is 5.42. The number of ether oxygens (including phenoxy) is 2. The van der Waals surface area contributed by atoms with E-state index < -0.39 is 6.10 Å². The van der Waals surface area contributed by atoms with Crippen molar-refractivity contribution in [3.8, 4) is 0 Å². The lowest BCUT2D eigenvalue weighted by molar-refractivity contribution is 0.00382. The van der Waals surface area contributed by atoms with Crippen molar-refractivity contribution in [1.29, 1.82) is 0 Å². The summed E-state index contributed by atoms with van der Waals surface area (Å²) in [6.07, 6.45) is 6.23. The summed E-state index contributed by atoms with van der Waals surface area (Å²) in [6.45, 7) is 10.4. The average molecular weight is 322 g/mol. The molecular weight excluding hydrogens is 286 g/mol. The van der Waals surface area contributed by atoms with E-state index in [9.17, 15) is 5.11 Å². The third-order valence-corrected chi connectivity index (χ3v) is 5.46. The van der Waals surface area contributed by atoms with E-state index in [0.29, 0.717) is 26.4 Å². The quantitative estimate of drug-likeness (QED) is 0.454. The highest BCUT2D eigenvalue weighted by Crippen LogP contribution is 2.29. The molecule has 0 fully saturated rings. The van der Waals surface area contributed by atoms with Crippen molar-refractivity contribution in [2.75, 3.05) is 45.8 Å². The largest absolute Gasteiger partial charge is 0.389 e. The van der Waals surface area contributed by atoms with Gasteiger partial charge in [0.1, 0.15) is 0 Å². The van der Waals surface area contributed by atoms with E-state index in [-0.39, 0.29) is 4.75 Å². The van der Waals surface area contributed by atoms with Gasteiger partial charge in [-0.25, -0.2) is 0 Å². The molecule has 2 N–H and O–H groups in total. The van der Waals surface area contributed by atoms with Gasteiger partial charge < -0.3 is 19.9 Å². The lowest BCUT2D eigenvalue weighted by atomic mass is 10.0. The Morgan fingerprint density at radius 3 is 2.33 bits per heavy atom. The normalized spacial score (nSPS) is 13.6. The van der Waals surface area contributed by atoms with Crippen molar-refractivity contribution in [2.24, 2.45) is 0 Å². The minimum Gasteiger partial charge on any atom is -0.389 e. The highest BCUT2D eigenvalue weighted by Gasteiger charge is 2.24. The highest BCUT2D eigenvalue weighted by molar-refractivity contribution is 8.00. The zero-order valence-corrected chi connectivity index (χ0v) is 15.1. The van der Waals surface area contributed by atoms with Crippen molar-refractivity contribution in [1.82, 2.24) is 5.32 Å². The maximum atomic E-state index is 9.87. The molecule has 0 saturated carbocycles. The van der Waals surface area contributed by atoms with E-state index in [1.807, 2.05) is 11.8 Å². The maximum absolute atomic E-state index is 9.87. The Bertz CT molecular complexity index is 217. The summed E-state index contributed by atoms with van der Waals surface area (Å²) in [5.41, 5.74) is 0. The number of nitrogens with one attached hydrogen (secondary N) is 1. The molecule has 0 amide bonds. The van der Waals surface area contributed by atoms with Crippen molar-refractivity contribution in [3.05, 3.63) is 0 Å². The summed E-state index contributed by atoms with van der Waals surface area (Å²) in [5.74, 6) is 0. The molecule has 5 heteroatoms. The van der Waals surface area contributed by atoms with Crippen LogP contribution in [0.5, 0.6) is 0 Å². The molecule has 21 heavy (non-hydrogen) atoms. The molecule has 1 unspecified atom stereocenters. The van der Waals surface area contributed by atoms with Crippen LogP contribution in [0.15, 0.2) is 0 Å². The highest BCUT2D eigenvalue weighted by atomic mass is 32.2. The molecule has 1 atom stereocenters. The summed E-state index contributed by atoms with van der Waals surface area (Å²) >= 11 is 1.91. The number of thioether (sulfide) groups is 1. The Balaban J connectivity index is 3.55. The van der Waals surface area contributed by atoms with Gasteiger partial charge in [-0.2, -0.15) is 11.8 Å². The summed E-state index contributed by atoms with van der Waals surface area (Å²) in [7, 11) is 0. The summed E-state index contributed by atoms with van der Waals surface area (Å²) in [6, 6.07) is 0. The first-order valence-corrected chi connectivity index (χ1v) is 9.46. The molecule has 0 aromatic carbocycles.